The average Bonchev–Trinajstić information content (AvgIpc) is 2.73. The third-order valence-corrected chi connectivity index (χ3v) is 5.54. The van der Waals surface area contributed by atoms with Gasteiger partial charge in [0.25, 0.3) is 15.9 Å². The summed E-state index contributed by atoms with van der Waals surface area (Å²) in [5.41, 5.74) is 1.59. The van der Waals surface area contributed by atoms with E-state index in [-0.39, 0.29) is 17.4 Å². The monoisotopic (exact) mass is 433 g/mol. The predicted molar refractivity (Wildman–Crippen MR) is 115 cm³/mol. The molecule has 0 aromatic heterocycles. The molecule has 162 valence electrons. The number of hydrogen-bond donors (Lipinski definition) is 3. The molecule has 0 fully saturated rings. The Bertz CT molecular complexity index is 942. The molecule has 0 spiro atoms. The minimum Gasteiger partial charge on any atom is -0.484 e. The molecule has 9 heteroatoms. The molecule has 2 rings (SSSR count). The molecular weight excluding hydrogens is 406 g/mol. The molecule has 0 aliphatic heterocycles. The van der Waals surface area contributed by atoms with Crippen LogP contribution in [0.4, 0.5) is 10.5 Å². The zero-order valence-electron chi connectivity index (χ0n) is 17.1. The number of carbonyl (C=O) groups is 2. The van der Waals surface area contributed by atoms with Crippen molar-refractivity contribution in [2.75, 3.05) is 18.5 Å². The number of urea groups is 1. The smallest absolute Gasteiger partial charge is 0.328 e. The van der Waals surface area contributed by atoms with Gasteiger partial charge in [-0.3, -0.25) is 4.79 Å². The van der Waals surface area contributed by atoms with E-state index in [4.69, 9.17) is 4.74 Å². The molecule has 0 radical (unpaired) electrons. The fraction of sp³-hybridized carbons (Fsp3) is 0.333. The summed E-state index contributed by atoms with van der Waals surface area (Å²) >= 11 is 0. The SMILES string of the molecule is CCCCNC(=O)NS(=O)(=O)c1ccc(NC(=O)COc2ccc(CC)cc2)cc1. The topological polar surface area (TPSA) is 114 Å². The van der Waals surface area contributed by atoms with Gasteiger partial charge in [0, 0.05) is 12.2 Å². The van der Waals surface area contributed by atoms with Crippen LogP contribution in [0.15, 0.2) is 53.4 Å². The molecule has 0 saturated heterocycles. The molecule has 2 aromatic carbocycles. The van der Waals surface area contributed by atoms with Gasteiger partial charge in [-0.1, -0.05) is 32.4 Å². The van der Waals surface area contributed by atoms with E-state index in [1.54, 1.807) is 12.1 Å². The number of ether oxygens (including phenoxy) is 1. The number of sulfonamides is 1. The van der Waals surface area contributed by atoms with Crippen molar-refractivity contribution in [2.45, 2.75) is 38.0 Å². The highest BCUT2D eigenvalue weighted by atomic mass is 32.2. The maximum atomic E-state index is 12.2. The van der Waals surface area contributed by atoms with Crippen LogP contribution in [0.25, 0.3) is 0 Å². The number of unbranched alkanes of at least 4 members (excludes halogenated alkanes) is 1. The van der Waals surface area contributed by atoms with Crippen LogP contribution in [0.1, 0.15) is 32.3 Å². The normalized spacial score (nSPS) is 10.9. The van der Waals surface area contributed by atoms with Crippen LogP contribution in [0.5, 0.6) is 5.75 Å². The van der Waals surface area contributed by atoms with Gasteiger partial charge in [-0.2, -0.15) is 0 Å². The van der Waals surface area contributed by atoms with Crippen LogP contribution in [-0.4, -0.2) is 33.5 Å². The molecule has 0 unspecified atom stereocenters. The van der Waals surface area contributed by atoms with E-state index in [9.17, 15) is 18.0 Å². The molecule has 3 N–H and O–H groups in total. The Morgan fingerprint density at radius 2 is 1.63 bits per heavy atom. The van der Waals surface area contributed by atoms with E-state index < -0.39 is 16.1 Å². The molecule has 30 heavy (non-hydrogen) atoms. The molecule has 2 aromatic rings. The van der Waals surface area contributed by atoms with Crippen LogP contribution < -0.4 is 20.1 Å². The van der Waals surface area contributed by atoms with Crippen molar-refractivity contribution < 1.29 is 22.7 Å². The second kappa shape index (κ2) is 11.2. The standard InChI is InChI=1S/C21H27N3O5S/c1-3-5-14-22-21(26)24-30(27,28)19-12-8-17(9-13-19)23-20(25)15-29-18-10-6-16(4-2)7-11-18/h6-13H,3-5,14-15H2,1-2H3,(H,23,25)(H2,22,24,26). The second-order valence-corrected chi connectivity index (χ2v) is 8.26. The summed E-state index contributed by atoms with van der Waals surface area (Å²) in [5, 5.41) is 5.11. The van der Waals surface area contributed by atoms with E-state index in [1.807, 2.05) is 23.8 Å². The Morgan fingerprint density at radius 3 is 2.23 bits per heavy atom. The predicted octanol–water partition coefficient (Wildman–Crippen LogP) is 3.05. The first-order valence-corrected chi connectivity index (χ1v) is 11.2. The van der Waals surface area contributed by atoms with E-state index in [2.05, 4.69) is 17.6 Å². The zero-order chi connectivity index (χ0) is 22.0. The van der Waals surface area contributed by atoms with Crippen LogP contribution in [-0.2, 0) is 21.2 Å². The Kier molecular flexibility index (Phi) is 8.67. The molecule has 0 aliphatic carbocycles. The Balaban J connectivity index is 1.86. The Morgan fingerprint density at radius 1 is 0.967 bits per heavy atom. The van der Waals surface area contributed by atoms with Crippen LogP contribution in [0.3, 0.4) is 0 Å². The maximum absolute atomic E-state index is 12.2. The lowest BCUT2D eigenvalue weighted by Gasteiger charge is -2.10. The first-order chi connectivity index (χ1) is 14.3. The molecular formula is C21H27N3O5S. The van der Waals surface area contributed by atoms with Crippen LogP contribution in [0, 0.1) is 0 Å². The summed E-state index contributed by atoms with van der Waals surface area (Å²) in [7, 11) is -3.99. The van der Waals surface area contributed by atoms with Crippen molar-refractivity contribution in [3.63, 3.8) is 0 Å². The molecule has 0 saturated carbocycles. The van der Waals surface area contributed by atoms with E-state index in [0.29, 0.717) is 18.0 Å². The average molecular weight is 434 g/mol. The lowest BCUT2D eigenvalue weighted by Crippen LogP contribution is -2.39. The summed E-state index contributed by atoms with van der Waals surface area (Å²) in [6, 6.07) is 12.2. The van der Waals surface area contributed by atoms with Gasteiger partial charge in [-0.15, -0.1) is 0 Å². The number of amides is 3. The zero-order valence-corrected chi connectivity index (χ0v) is 17.9. The number of hydrogen-bond acceptors (Lipinski definition) is 5. The van der Waals surface area contributed by atoms with Crippen molar-refractivity contribution in [3.8, 4) is 5.75 Å². The van der Waals surface area contributed by atoms with Crippen LogP contribution in [0.2, 0.25) is 0 Å². The van der Waals surface area contributed by atoms with Gasteiger partial charge in [0.1, 0.15) is 5.75 Å². The fourth-order valence-electron chi connectivity index (χ4n) is 2.48. The fourth-order valence-corrected chi connectivity index (χ4v) is 3.41. The third-order valence-electron chi connectivity index (χ3n) is 4.19. The first-order valence-electron chi connectivity index (χ1n) is 9.76. The molecule has 8 nitrogen and oxygen atoms in total. The summed E-state index contributed by atoms with van der Waals surface area (Å²) in [4.78, 5) is 23.6. The van der Waals surface area contributed by atoms with E-state index in [1.165, 1.54) is 29.8 Å². The van der Waals surface area contributed by atoms with Crippen molar-refractivity contribution in [1.29, 1.82) is 0 Å². The maximum Gasteiger partial charge on any atom is 0.328 e. The number of anilines is 1. The van der Waals surface area contributed by atoms with Crippen LogP contribution >= 0.6 is 0 Å². The van der Waals surface area contributed by atoms with Gasteiger partial charge >= 0.3 is 6.03 Å². The van der Waals surface area contributed by atoms with E-state index >= 15 is 0 Å². The highest BCUT2D eigenvalue weighted by molar-refractivity contribution is 7.90. The highest BCUT2D eigenvalue weighted by Crippen LogP contribution is 2.15. The number of rotatable bonds is 10. The molecule has 0 aliphatic rings. The number of carbonyl (C=O) groups excluding carboxylic acids is 2. The largest absolute Gasteiger partial charge is 0.484 e. The van der Waals surface area contributed by atoms with Crippen molar-refractivity contribution in [3.05, 3.63) is 54.1 Å². The Labute approximate surface area is 177 Å². The highest BCUT2D eigenvalue weighted by Gasteiger charge is 2.17. The van der Waals surface area contributed by atoms with Crippen molar-refractivity contribution >= 4 is 27.6 Å². The minimum atomic E-state index is -3.99. The minimum absolute atomic E-state index is 0.0848. The number of benzene rings is 2. The van der Waals surface area contributed by atoms with Gasteiger partial charge in [-0.05, 0) is 54.8 Å². The molecule has 3 amide bonds. The molecule has 0 bridgehead atoms. The third kappa shape index (κ3) is 7.40. The lowest BCUT2D eigenvalue weighted by molar-refractivity contribution is -0.118. The second-order valence-electron chi connectivity index (χ2n) is 6.57. The molecule has 0 heterocycles. The summed E-state index contributed by atoms with van der Waals surface area (Å²) < 4.78 is 31.9. The van der Waals surface area contributed by atoms with E-state index in [0.717, 1.165) is 19.3 Å². The lowest BCUT2D eigenvalue weighted by atomic mass is 10.2. The van der Waals surface area contributed by atoms with Crippen molar-refractivity contribution in [2.24, 2.45) is 0 Å². The summed E-state index contributed by atoms with van der Waals surface area (Å²) in [6.45, 7) is 4.24. The van der Waals surface area contributed by atoms with Gasteiger partial charge in [0.05, 0.1) is 4.90 Å². The Hall–Kier alpha value is -3.07. The van der Waals surface area contributed by atoms with Gasteiger partial charge in [0.15, 0.2) is 6.61 Å². The summed E-state index contributed by atoms with van der Waals surface area (Å²) in [5.74, 6) is 0.214. The number of aryl methyl sites for hydroxylation is 1. The van der Waals surface area contributed by atoms with Gasteiger partial charge in [-0.25, -0.2) is 17.9 Å². The molecule has 0 atom stereocenters. The van der Waals surface area contributed by atoms with Gasteiger partial charge < -0.3 is 15.4 Å². The summed E-state index contributed by atoms with van der Waals surface area (Å²) in [6.07, 6.45) is 2.57. The quantitative estimate of drug-likeness (QED) is 0.499. The van der Waals surface area contributed by atoms with Crippen molar-refractivity contribution in [1.82, 2.24) is 10.0 Å². The van der Waals surface area contributed by atoms with Gasteiger partial charge in [0.2, 0.25) is 0 Å². The number of nitrogens with one attached hydrogen (secondary N) is 3. The first kappa shape index (κ1) is 23.2.